The molecule has 0 spiro atoms. The van der Waals surface area contributed by atoms with Gasteiger partial charge in [0.25, 0.3) is 0 Å². The zero-order valence-electron chi connectivity index (χ0n) is 16.0. The van der Waals surface area contributed by atoms with Gasteiger partial charge in [-0.3, -0.25) is 0 Å². The Morgan fingerprint density at radius 3 is 2.85 bits per heavy atom. The minimum absolute atomic E-state index is 0. The molecule has 2 aliphatic heterocycles. The highest BCUT2D eigenvalue weighted by Crippen LogP contribution is 2.34. The van der Waals surface area contributed by atoms with Crippen molar-refractivity contribution in [3.05, 3.63) is 29.8 Å². The average Bonchev–Trinajstić information content (AvgIpc) is 3.21. The molecule has 0 amide bonds. The Morgan fingerprint density at radius 1 is 1.35 bits per heavy atom. The summed E-state index contributed by atoms with van der Waals surface area (Å²) in [5.41, 5.74) is 1.16. The number of fused-ring (bicyclic) bond motifs is 2. The van der Waals surface area contributed by atoms with E-state index in [-0.39, 0.29) is 24.0 Å². The highest BCUT2D eigenvalue weighted by Gasteiger charge is 2.41. The third-order valence-corrected chi connectivity index (χ3v) is 4.67. The molecule has 3 unspecified atom stereocenters. The van der Waals surface area contributed by atoms with E-state index in [1.807, 2.05) is 12.1 Å². The van der Waals surface area contributed by atoms with Crippen LogP contribution in [0.3, 0.4) is 0 Å². The fourth-order valence-electron chi connectivity index (χ4n) is 3.45. The van der Waals surface area contributed by atoms with Crippen molar-refractivity contribution < 1.29 is 9.47 Å². The van der Waals surface area contributed by atoms with Gasteiger partial charge in [0.2, 0.25) is 0 Å². The van der Waals surface area contributed by atoms with E-state index in [0.717, 1.165) is 43.3 Å². The molecule has 0 aliphatic carbocycles. The topological polar surface area (TPSA) is 54.9 Å². The van der Waals surface area contributed by atoms with Crippen LogP contribution in [0, 0.1) is 5.92 Å². The molecular weight excluding hydrogens is 441 g/mol. The third-order valence-electron chi connectivity index (χ3n) is 4.67. The molecule has 6 heteroatoms. The minimum atomic E-state index is 0. The molecule has 3 rings (SSSR count). The summed E-state index contributed by atoms with van der Waals surface area (Å²) >= 11 is 0. The van der Waals surface area contributed by atoms with Crippen LogP contribution in [0.4, 0.5) is 0 Å². The summed E-state index contributed by atoms with van der Waals surface area (Å²) in [6.07, 6.45) is 4.26. The van der Waals surface area contributed by atoms with E-state index in [9.17, 15) is 0 Å². The maximum Gasteiger partial charge on any atom is 0.191 e. The van der Waals surface area contributed by atoms with Gasteiger partial charge in [-0.15, -0.1) is 24.0 Å². The summed E-state index contributed by atoms with van der Waals surface area (Å²) in [5, 5.41) is 6.90. The van der Waals surface area contributed by atoms with Crippen molar-refractivity contribution in [1.82, 2.24) is 10.6 Å². The predicted octanol–water partition coefficient (Wildman–Crippen LogP) is 3.71. The monoisotopic (exact) mass is 473 g/mol. The average molecular weight is 473 g/mol. The molecule has 2 fully saturated rings. The quantitative estimate of drug-likeness (QED) is 0.360. The number of ether oxygens (including phenoxy) is 2. The van der Waals surface area contributed by atoms with Gasteiger partial charge in [0.1, 0.15) is 5.75 Å². The van der Waals surface area contributed by atoms with Crippen molar-refractivity contribution in [3.8, 4) is 5.75 Å². The first-order valence-electron chi connectivity index (χ1n) is 9.56. The van der Waals surface area contributed by atoms with Gasteiger partial charge in [0, 0.05) is 6.54 Å². The Hall–Kier alpha value is -1.02. The maximum absolute atomic E-state index is 5.93. The van der Waals surface area contributed by atoms with E-state index in [1.54, 1.807) is 0 Å². The molecule has 1 aromatic carbocycles. The summed E-state index contributed by atoms with van der Waals surface area (Å²) in [6, 6.07) is 8.60. The van der Waals surface area contributed by atoms with Gasteiger partial charge in [-0.25, -0.2) is 4.99 Å². The van der Waals surface area contributed by atoms with E-state index < -0.39 is 0 Å². The lowest BCUT2D eigenvalue weighted by atomic mass is 9.96. The van der Waals surface area contributed by atoms with E-state index >= 15 is 0 Å². The fraction of sp³-hybridized carbons (Fsp3) is 0.650. The Labute approximate surface area is 174 Å². The Bertz CT molecular complexity index is 594. The summed E-state index contributed by atoms with van der Waals surface area (Å²) in [4.78, 5) is 4.75. The van der Waals surface area contributed by atoms with Gasteiger partial charge >= 0.3 is 0 Å². The van der Waals surface area contributed by atoms with Crippen molar-refractivity contribution in [2.75, 3.05) is 13.2 Å². The standard InChI is InChI=1S/C20H31N3O2.HI/c1-4-21-20(23-18-11-17-8-9-19(18)25-17)22-12-15-6-5-7-16(10-15)24-13-14(2)3;/h5-7,10,14,17-19H,4,8-9,11-13H2,1-3H3,(H2,21,22,23);1H. The van der Waals surface area contributed by atoms with Gasteiger partial charge in [0.15, 0.2) is 5.96 Å². The normalized spacial score (nSPS) is 24.5. The number of guanidine groups is 1. The smallest absolute Gasteiger partial charge is 0.191 e. The molecule has 0 saturated carbocycles. The number of hydrogen-bond acceptors (Lipinski definition) is 3. The van der Waals surface area contributed by atoms with Crippen LogP contribution in [0.5, 0.6) is 5.75 Å². The Kier molecular flexibility index (Phi) is 8.47. The molecule has 146 valence electrons. The van der Waals surface area contributed by atoms with Crippen LogP contribution in [-0.2, 0) is 11.3 Å². The Balaban J connectivity index is 0.00000243. The molecule has 0 radical (unpaired) electrons. The number of halogens is 1. The fourth-order valence-corrected chi connectivity index (χ4v) is 3.45. The molecule has 3 atom stereocenters. The first kappa shape index (κ1) is 21.3. The SMILES string of the molecule is CCNC(=NCc1cccc(OCC(C)C)c1)NC1CC2CCC1O2.I. The number of hydrogen-bond donors (Lipinski definition) is 2. The lowest BCUT2D eigenvalue weighted by Crippen LogP contribution is -2.47. The summed E-state index contributed by atoms with van der Waals surface area (Å²) in [6.45, 7) is 8.63. The minimum Gasteiger partial charge on any atom is -0.493 e. The van der Waals surface area contributed by atoms with Gasteiger partial charge in [-0.2, -0.15) is 0 Å². The Morgan fingerprint density at radius 2 is 2.19 bits per heavy atom. The molecular formula is C20H32IN3O2. The summed E-state index contributed by atoms with van der Waals surface area (Å²) in [5.74, 6) is 2.31. The van der Waals surface area contributed by atoms with Gasteiger partial charge in [0.05, 0.1) is 31.4 Å². The second-order valence-corrected chi connectivity index (χ2v) is 7.41. The van der Waals surface area contributed by atoms with E-state index in [4.69, 9.17) is 14.5 Å². The molecule has 2 N–H and O–H groups in total. The molecule has 2 aliphatic rings. The number of benzene rings is 1. The zero-order chi connectivity index (χ0) is 17.6. The molecule has 0 aromatic heterocycles. The summed E-state index contributed by atoms with van der Waals surface area (Å²) < 4.78 is 11.7. The second-order valence-electron chi connectivity index (χ2n) is 7.41. The molecule has 2 bridgehead atoms. The largest absolute Gasteiger partial charge is 0.493 e. The van der Waals surface area contributed by atoms with Crippen molar-refractivity contribution in [2.24, 2.45) is 10.9 Å². The van der Waals surface area contributed by atoms with Crippen LogP contribution in [0.15, 0.2) is 29.3 Å². The van der Waals surface area contributed by atoms with Gasteiger partial charge in [-0.05, 0) is 49.8 Å². The van der Waals surface area contributed by atoms with E-state index in [1.165, 1.54) is 6.42 Å². The van der Waals surface area contributed by atoms with Crippen LogP contribution in [0.25, 0.3) is 0 Å². The van der Waals surface area contributed by atoms with Crippen LogP contribution in [0.2, 0.25) is 0 Å². The van der Waals surface area contributed by atoms with Crippen LogP contribution in [0.1, 0.15) is 45.6 Å². The molecule has 5 nitrogen and oxygen atoms in total. The van der Waals surface area contributed by atoms with Crippen molar-refractivity contribution in [1.29, 1.82) is 0 Å². The predicted molar refractivity (Wildman–Crippen MR) is 116 cm³/mol. The van der Waals surface area contributed by atoms with Crippen molar-refractivity contribution in [2.45, 2.75) is 64.8 Å². The first-order chi connectivity index (χ1) is 12.1. The number of nitrogens with zero attached hydrogens (tertiary/aromatic N) is 1. The molecule has 26 heavy (non-hydrogen) atoms. The van der Waals surface area contributed by atoms with E-state index in [2.05, 4.69) is 43.5 Å². The second kappa shape index (κ2) is 10.3. The van der Waals surface area contributed by atoms with Crippen LogP contribution < -0.4 is 15.4 Å². The first-order valence-corrected chi connectivity index (χ1v) is 9.56. The highest BCUT2D eigenvalue weighted by molar-refractivity contribution is 14.0. The molecule has 2 heterocycles. The summed E-state index contributed by atoms with van der Waals surface area (Å²) in [7, 11) is 0. The van der Waals surface area contributed by atoms with E-state index in [0.29, 0.717) is 30.7 Å². The van der Waals surface area contributed by atoms with Crippen molar-refractivity contribution >= 4 is 29.9 Å². The molecule has 1 aromatic rings. The highest BCUT2D eigenvalue weighted by atomic mass is 127. The van der Waals surface area contributed by atoms with Gasteiger partial charge < -0.3 is 20.1 Å². The number of nitrogens with one attached hydrogen (secondary N) is 2. The van der Waals surface area contributed by atoms with Crippen LogP contribution >= 0.6 is 24.0 Å². The number of rotatable bonds is 7. The third kappa shape index (κ3) is 6.01. The van der Waals surface area contributed by atoms with Gasteiger partial charge in [-0.1, -0.05) is 26.0 Å². The maximum atomic E-state index is 5.93. The van der Waals surface area contributed by atoms with Crippen molar-refractivity contribution in [3.63, 3.8) is 0 Å². The molecule has 2 saturated heterocycles. The van der Waals surface area contributed by atoms with Crippen LogP contribution in [-0.4, -0.2) is 37.4 Å². The lowest BCUT2D eigenvalue weighted by molar-refractivity contribution is 0.0992. The number of aliphatic imine (C=N–C) groups is 1. The lowest BCUT2D eigenvalue weighted by Gasteiger charge is -2.22. The zero-order valence-corrected chi connectivity index (χ0v) is 18.4.